The number of likely N-dealkylation sites (tertiary alicyclic amines) is 1. The number of anilines is 1. The smallest absolute Gasteiger partial charge is 0.325 e. The van der Waals surface area contributed by atoms with Gasteiger partial charge in [-0.25, -0.2) is 9.78 Å². The molecule has 4 N–H and O–H groups in total. The normalized spacial score (nSPS) is 14.7. The molecule has 1 aliphatic rings. The van der Waals surface area contributed by atoms with Crippen LogP contribution in [0.4, 0.5) is 10.6 Å². The molecule has 3 aromatic rings. The van der Waals surface area contributed by atoms with E-state index in [1.807, 2.05) is 6.07 Å². The number of methoxy groups -OCH3 is 1. The number of aromatic nitrogens is 2. The number of ether oxygens (including phenoxy) is 2. The summed E-state index contributed by atoms with van der Waals surface area (Å²) in [6.45, 7) is 5.23. The molecular formula is C27H33N7O4. The van der Waals surface area contributed by atoms with Crippen molar-refractivity contribution >= 4 is 34.9 Å². The minimum absolute atomic E-state index is 0.198. The molecule has 0 aliphatic carbocycles. The third kappa shape index (κ3) is 6.12. The van der Waals surface area contributed by atoms with Crippen LogP contribution in [0.25, 0.3) is 10.9 Å². The van der Waals surface area contributed by atoms with Gasteiger partial charge in [-0.3, -0.25) is 9.36 Å². The molecule has 1 fully saturated rings. The lowest BCUT2D eigenvalue weighted by atomic mass is 10.1. The van der Waals surface area contributed by atoms with Gasteiger partial charge in [0.1, 0.15) is 11.6 Å². The molecule has 2 aromatic heterocycles. The second kappa shape index (κ2) is 12.2. The molecule has 0 saturated carbocycles. The van der Waals surface area contributed by atoms with Crippen LogP contribution in [-0.4, -0.2) is 72.4 Å². The Morgan fingerprint density at radius 3 is 2.66 bits per heavy atom. The lowest BCUT2D eigenvalue weighted by molar-refractivity contribution is -0.112. The molecule has 1 aromatic carbocycles. The summed E-state index contributed by atoms with van der Waals surface area (Å²) in [5, 5.41) is 17.1. The summed E-state index contributed by atoms with van der Waals surface area (Å²) < 4.78 is 13.0. The van der Waals surface area contributed by atoms with Gasteiger partial charge >= 0.3 is 6.03 Å². The first-order valence-electron chi connectivity index (χ1n) is 12.5. The Bertz CT molecular complexity index is 1340. The molecule has 1 saturated heterocycles. The minimum Gasteiger partial charge on any atom is -0.493 e. The minimum atomic E-state index is -0.447. The Kier molecular flexibility index (Phi) is 8.59. The van der Waals surface area contributed by atoms with E-state index in [4.69, 9.17) is 14.9 Å². The van der Waals surface area contributed by atoms with Gasteiger partial charge in [-0.05, 0) is 37.6 Å². The molecule has 0 spiro atoms. The molecule has 11 heteroatoms. The Morgan fingerprint density at radius 1 is 1.18 bits per heavy atom. The first-order chi connectivity index (χ1) is 18.4. The third-order valence-electron chi connectivity index (χ3n) is 6.54. The van der Waals surface area contributed by atoms with Crippen LogP contribution in [0.2, 0.25) is 0 Å². The van der Waals surface area contributed by atoms with E-state index in [1.165, 1.54) is 17.9 Å². The van der Waals surface area contributed by atoms with E-state index < -0.39 is 5.91 Å². The predicted molar refractivity (Wildman–Crippen MR) is 146 cm³/mol. The number of amides is 2. The standard InChI is InChI=1S/C27H33N7O4/c1-4-33-10-7-20(8-11-33)31-17-19(16-28)26(35)32-25-14-21(5-9-30-25)38-24-13-18-6-12-34(27(36)29-2)22(18)15-23(24)37-3/h5-6,9,12-17,20,28,31H,4,7-8,10-11H2,1-3H3,(H,29,36)(H,30,32,35)/b19-17+,28-16?. The number of fused-ring (bicyclic) bond motifs is 1. The first-order valence-corrected chi connectivity index (χ1v) is 12.5. The molecule has 200 valence electrons. The lowest BCUT2D eigenvalue weighted by Crippen LogP contribution is -2.41. The van der Waals surface area contributed by atoms with Crippen molar-refractivity contribution in [1.82, 2.24) is 25.1 Å². The first kappa shape index (κ1) is 26.7. The Balaban J connectivity index is 1.45. The van der Waals surface area contributed by atoms with E-state index in [9.17, 15) is 9.59 Å². The molecule has 3 heterocycles. The van der Waals surface area contributed by atoms with Gasteiger partial charge < -0.3 is 35.7 Å². The molecule has 0 atom stereocenters. The molecular weight excluding hydrogens is 486 g/mol. The van der Waals surface area contributed by atoms with Gasteiger partial charge in [-0.2, -0.15) is 0 Å². The van der Waals surface area contributed by atoms with Crippen molar-refractivity contribution in [2.75, 3.05) is 39.1 Å². The summed E-state index contributed by atoms with van der Waals surface area (Å²) >= 11 is 0. The summed E-state index contributed by atoms with van der Waals surface area (Å²) in [6, 6.07) is 8.57. The van der Waals surface area contributed by atoms with Gasteiger partial charge in [0.25, 0.3) is 5.91 Å². The largest absolute Gasteiger partial charge is 0.493 e. The number of nitrogens with zero attached hydrogens (tertiary/aromatic N) is 3. The molecule has 0 unspecified atom stereocenters. The van der Waals surface area contributed by atoms with Crippen LogP contribution in [0.1, 0.15) is 19.8 Å². The summed E-state index contributed by atoms with van der Waals surface area (Å²) in [5.74, 6) is 1.14. The third-order valence-corrected chi connectivity index (χ3v) is 6.54. The summed E-state index contributed by atoms with van der Waals surface area (Å²) in [7, 11) is 3.09. The second-order valence-electron chi connectivity index (χ2n) is 8.85. The summed E-state index contributed by atoms with van der Waals surface area (Å²) in [6.07, 6.45) is 7.79. The van der Waals surface area contributed by atoms with Crippen molar-refractivity contribution in [1.29, 1.82) is 5.41 Å². The van der Waals surface area contributed by atoms with Crippen molar-refractivity contribution in [2.24, 2.45) is 0 Å². The highest BCUT2D eigenvalue weighted by molar-refractivity contribution is 6.16. The van der Waals surface area contributed by atoms with E-state index in [2.05, 4.69) is 32.8 Å². The Hall–Kier alpha value is -4.38. The lowest BCUT2D eigenvalue weighted by Gasteiger charge is -2.31. The maximum Gasteiger partial charge on any atom is 0.325 e. The number of rotatable bonds is 9. The SMILES string of the molecule is CCN1CCC(N/C=C(\C=N)C(=O)Nc2cc(Oc3cc4ccn(C(=O)NC)c4cc3OC)ccn2)CC1. The van der Waals surface area contributed by atoms with Crippen LogP contribution in [0.5, 0.6) is 17.2 Å². The summed E-state index contributed by atoms with van der Waals surface area (Å²) in [5.41, 5.74) is 0.871. The van der Waals surface area contributed by atoms with Crippen LogP contribution in [0.15, 0.2) is 54.5 Å². The van der Waals surface area contributed by atoms with Crippen LogP contribution >= 0.6 is 0 Å². The number of pyridine rings is 1. The number of carbonyl (C=O) groups is 2. The van der Waals surface area contributed by atoms with E-state index in [-0.39, 0.29) is 23.5 Å². The highest BCUT2D eigenvalue weighted by atomic mass is 16.5. The van der Waals surface area contributed by atoms with Gasteiger partial charge in [0.05, 0.1) is 18.2 Å². The van der Waals surface area contributed by atoms with Crippen molar-refractivity contribution in [3.63, 3.8) is 0 Å². The highest BCUT2D eigenvalue weighted by Crippen LogP contribution is 2.36. The fraction of sp³-hybridized carbons (Fsp3) is 0.333. The van der Waals surface area contributed by atoms with E-state index in [1.54, 1.807) is 43.7 Å². The van der Waals surface area contributed by atoms with E-state index in [0.717, 1.165) is 44.1 Å². The molecule has 38 heavy (non-hydrogen) atoms. The predicted octanol–water partition coefficient (Wildman–Crippen LogP) is 3.57. The van der Waals surface area contributed by atoms with Crippen molar-refractivity contribution in [3.05, 3.63) is 54.5 Å². The Morgan fingerprint density at radius 2 is 1.97 bits per heavy atom. The number of piperidine rings is 1. The van der Waals surface area contributed by atoms with E-state index in [0.29, 0.717) is 22.8 Å². The molecule has 2 amide bonds. The van der Waals surface area contributed by atoms with Gasteiger partial charge in [-0.15, -0.1) is 0 Å². The molecule has 0 radical (unpaired) electrons. The van der Waals surface area contributed by atoms with Crippen LogP contribution < -0.4 is 25.4 Å². The van der Waals surface area contributed by atoms with Crippen LogP contribution in [0.3, 0.4) is 0 Å². The van der Waals surface area contributed by atoms with E-state index >= 15 is 0 Å². The Labute approximate surface area is 221 Å². The number of hydrogen-bond acceptors (Lipinski definition) is 8. The molecule has 1 aliphatic heterocycles. The average molecular weight is 520 g/mol. The van der Waals surface area contributed by atoms with Gasteiger partial charge in [0, 0.05) is 68.5 Å². The van der Waals surface area contributed by atoms with Gasteiger partial charge in [-0.1, -0.05) is 6.92 Å². The monoisotopic (exact) mass is 519 g/mol. The van der Waals surface area contributed by atoms with Crippen molar-refractivity contribution < 1.29 is 19.1 Å². The van der Waals surface area contributed by atoms with Crippen LogP contribution in [0, 0.1) is 5.41 Å². The van der Waals surface area contributed by atoms with Gasteiger partial charge in [0.2, 0.25) is 0 Å². The number of nitrogens with one attached hydrogen (secondary N) is 4. The zero-order valence-electron chi connectivity index (χ0n) is 21.8. The topological polar surface area (TPSA) is 134 Å². The molecule has 11 nitrogen and oxygen atoms in total. The average Bonchev–Trinajstić information content (AvgIpc) is 3.35. The zero-order chi connectivity index (χ0) is 27.1. The fourth-order valence-electron chi connectivity index (χ4n) is 4.33. The van der Waals surface area contributed by atoms with Crippen molar-refractivity contribution in [2.45, 2.75) is 25.8 Å². The highest BCUT2D eigenvalue weighted by Gasteiger charge is 2.18. The van der Waals surface area contributed by atoms with Gasteiger partial charge in [0.15, 0.2) is 11.5 Å². The fourth-order valence-corrected chi connectivity index (χ4v) is 4.33. The maximum absolute atomic E-state index is 12.8. The van der Waals surface area contributed by atoms with Crippen molar-refractivity contribution in [3.8, 4) is 17.2 Å². The maximum atomic E-state index is 12.8. The quantitative estimate of drug-likeness (QED) is 0.251. The molecule has 4 rings (SSSR count). The number of benzene rings is 1. The zero-order valence-corrected chi connectivity index (χ0v) is 21.8. The number of carbonyl (C=O) groups excluding carboxylic acids is 2. The van der Waals surface area contributed by atoms with Crippen LogP contribution in [-0.2, 0) is 4.79 Å². The second-order valence-corrected chi connectivity index (χ2v) is 8.85. The number of hydrogen-bond donors (Lipinski definition) is 4. The molecule has 0 bridgehead atoms. The summed E-state index contributed by atoms with van der Waals surface area (Å²) in [4.78, 5) is 31.5.